The number of benzene rings is 1. The summed E-state index contributed by atoms with van der Waals surface area (Å²) in [6, 6.07) is 10.3. The molecule has 16 heavy (non-hydrogen) atoms. The van der Waals surface area contributed by atoms with E-state index in [1.807, 2.05) is 12.1 Å². The van der Waals surface area contributed by atoms with Gasteiger partial charge in [-0.1, -0.05) is 12.1 Å². The van der Waals surface area contributed by atoms with Crippen molar-refractivity contribution in [2.75, 3.05) is 0 Å². The summed E-state index contributed by atoms with van der Waals surface area (Å²) in [6.45, 7) is 1.28. The Bertz CT molecular complexity index is 425. The van der Waals surface area contributed by atoms with Crippen LogP contribution in [0.5, 0.6) is 0 Å². The van der Waals surface area contributed by atoms with E-state index in [1.165, 1.54) is 12.1 Å². The highest BCUT2D eigenvalue weighted by molar-refractivity contribution is 5.16. The smallest absolute Gasteiger partial charge is 0.123 e. The van der Waals surface area contributed by atoms with Crippen molar-refractivity contribution in [1.29, 1.82) is 0 Å². The average Bonchev–Trinajstić information content (AvgIpc) is 2.33. The minimum Gasteiger partial charge on any atom is -0.265 e. The van der Waals surface area contributed by atoms with Gasteiger partial charge in [-0.25, -0.2) is 9.71 Å². The first-order chi connectivity index (χ1) is 7.84. The van der Waals surface area contributed by atoms with Gasteiger partial charge in [0.2, 0.25) is 0 Å². The molecule has 2 nitrogen and oxygen atoms in total. The Hall–Kier alpha value is -1.74. The summed E-state index contributed by atoms with van der Waals surface area (Å²) in [7, 11) is 0. The number of nitrogens with zero attached hydrogens (tertiary/aromatic N) is 2. The first kappa shape index (κ1) is 10.8. The molecule has 1 aromatic heterocycles. The number of halogens is 1. The molecule has 0 fully saturated rings. The Morgan fingerprint density at radius 3 is 2.06 bits per heavy atom. The van der Waals surface area contributed by atoms with Gasteiger partial charge in [-0.15, -0.1) is 0 Å². The van der Waals surface area contributed by atoms with Crippen molar-refractivity contribution in [3.63, 3.8) is 0 Å². The average molecular weight is 215 g/mol. The molecule has 3 heteroatoms. The van der Waals surface area contributed by atoms with Crippen LogP contribution in [0.4, 0.5) is 4.39 Å². The second kappa shape index (κ2) is 5.37. The van der Waals surface area contributed by atoms with Crippen LogP contribution in [0.1, 0.15) is 11.1 Å². The van der Waals surface area contributed by atoms with Gasteiger partial charge in [-0.2, -0.15) is 0 Å². The molecular weight excluding hydrogens is 203 g/mol. The highest BCUT2D eigenvalue weighted by Crippen LogP contribution is 2.03. The summed E-state index contributed by atoms with van der Waals surface area (Å²) >= 11 is 0. The van der Waals surface area contributed by atoms with E-state index in [2.05, 4.69) is 10.3 Å². The predicted octanol–water partition coefficient (Wildman–Crippen LogP) is 2.53. The highest BCUT2D eigenvalue weighted by atomic mass is 19.1. The molecule has 0 amide bonds. The molecule has 0 saturated heterocycles. The van der Waals surface area contributed by atoms with Gasteiger partial charge in [0.1, 0.15) is 5.82 Å². The van der Waals surface area contributed by atoms with Crippen LogP contribution in [0, 0.1) is 5.82 Å². The van der Waals surface area contributed by atoms with Gasteiger partial charge in [0, 0.05) is 25.5 Å². The van der Waals surface area contributed by atoms with Crippen LogP contribution in [0.2, 0.25) is 0 Å². The van der Waals surface area contributed by atoms with Crippen LogP contribution in [0.15, 0.2) is 48.8 Å². The number of aromatic nitrogens is 1. The first-order valence-corrected chi connectivity index (χ1v) is 5.11. The van der Waals surface area contributed by atoms with Gasteiger partial charge in [0.25, 0.3) is 0 Å². The fourth-order valence-corrected chi connectivity index (χ4v) is 1.39. The molecule has 0 spiro atoms. The zero-order valence-corrected chi connectivity index (χ0v) is 8.81. The van der Waals surface area contributed by atoms with E-state index in [0.717, 1.165) is 11.1 Å². The predicted molar refractivity (Wildman–Crippen MR) is 60.2 cm³/mol. The lowest BCUT2D eigenvalue weighted by Gasteiger charge is -2.02. The number of hydrogen-bond donors (Lipinski definition) is 0. The molecular formula is C13H12FN2. The summed E-state index contributed by atoms with van der Waals surface area (Å²) in [5.41, 5.74) is 2.16. The van der Waals surface area contributed by atoms with Crippen molar-refractivity contribution in [2.45, 2.75) is 13.1 Å². The fraction of sp³-hybridized carbons (Fsp3) is 0.154. The normalized spacial score (nSPS) is 10.3. The van der Waals surface area contributed by atoms with Gasteiger partial charge in [0.15, 0.2) is 0 Å². The number of rotatable bonds is 4. The molecule has 0 unspecified atom stereocenters. The molecule has 1 heterocycles. The summed E-state index contributed by atoms with van der Waals surface area (Å²) in [5.74, 6) is -0.210. The van der Waals surface area contributed by atoms with Gasteiger partial charge in [-0.3, -0.25) is 4.98 Å². The minimum absolute atomic E-state index is 0.210. The fourth-order valence-electron chi connectivity index (χ4n) is 1.39. The third-order valence-corrected chi connectivity index (χ3v) is 2.25. The lowest BCUT2D eigenvalue weighted by atomic mass is 10.2. The number of hydrogen-bond acceptors (Lipinski definition) is 1. The van der Waals surface area contributed by atoms with E-state index in [0.29, 0.717) is 13.1 Å². The lowest BCUT2D eigenvalue weighted by Crippen LogP contribution is -2.04. The quantitative estimate of drug-likeness (QED) is 0.769. The van der Waals surface area contributed by atoms with Crippen molar-refractivity contribution in [3.8, 4) is 0 Å². The zero-order valence-electron chi connectivity index (χ0n) is 8.81. The van der Waals surface area contributed by atoms with Gasteiger partial charge in [0.05, 0.1) is 0 Å². The summed E-state index contributed by atoms with van der Waals surface area (Å²) in [5, 5.41) is 4.39. The standard InChI is InChI=1S/C13H12FN2/c14-13-3-1-11(2-4-13)9-16-10-12-5-7-15-8-6-12/h1-8H,9-10H2. The first-order valence-electron chi connectivity index (χ1n) is 5.11. The topological polar surface area (TPSA) is 27.0 Å². The van der Waals surface area contributed by atoms with Crippen molar-refractivity contribution in [1.82, 2.24) is 10.3 Å². The van der Waals surface area contributed by atoms with Gasteiger partial charge < -0.3 is 0 Å². The zero-order chi connectivity index (χ0) is 11.2. The Labute approximate surface area is 94.2 Å². The summed E-state index contributed by atoms with van der Waals surface area (Å²) < 4.78 is 12.6. The molecule has 0 aliphatic heterocycles. The molecule has 0 atom stereocenters. The molecule has 0 bridgehead atoms. The maximum atomic E-state index is 12.6. The third-order valence-electron chi connectivity index (χ3n) is 2.25. The molecule has 1 radical (unpaired) electrons. The van der Waals surface area contributed by atoms with E-state index >= 15 is 0 Å². The van der Waals surface area contributed by atoms with Crippen LogP contribution in [-0.2, 0) is 13.1 Å². The molecule has 0 saturated carbocycles. The Kier molecular flexibility index (Phi) is 3.62. The molecule has 1 aromatic carbocycles. The van der Waals surface area contributed by atoms with E-state index in [-0.39, 0.29) is 5.82 Å². The third kappa shape index (κ3) is 3.14. The highest BCUT2D eigenvalue weighted by Gasteiger charge is 1.95. The summed E-state index contributed by atoms with van der Waals surface area (Å²) in [6.07, 6.45) is 3.51. The van der Waals surface area contributed by atoms with E-state index < -0.39 is 0 Å². The van der Waals surface area contributed by atoms with E-state index in [4.69, 9.17) is 0 Å². The Morgan fingerprint density at radius 1 is 0.875 bits per heavy atom. The maximum absolute atomic E-state index is 12.6. The van der Waals surface area contributed by atoms with Crippen LogP contribution >= 0.6 is 0 Å². The van der Waals surface area contributed by atoms with Crippen LogP contribution in [0.3, 0.4) is 0 Å². The van der Waals surface area contributed by atoms with E-state index in [1.54, 1.807) is 24.5 Å². The molecule has 0 aliphatic rings. The lowest BCUT2D eigenvalue weighted by molar-refractivity contribution is 0.624. The van der Waals surface area contributed by atoms with Crippen LogP contribution < -0.4 is 5.32 Å². The Morgan fingerprint density at radius 2 is 1.44 bits per heavy atom. The van der Waals surface area contributed by atoms with Crippen molar-refractivity contribution >= 4 is 0 Å². The SMILES string of the molecule is Fc1ccc(C[N]Cc2ccncc2)cc1. The molecule has 0 aliphatic carbocycles. The second-order valence-corrected chi connectivity index (χ2v) is 3.52. The van der Waals surface area contributed by atoms with Gasteiger partial charge in [-0.05, 0) is 35.4 Å². The van der Waals surface area contributed by atoms with Crippen molar-refractivity contribution in [3.05, 3.63) is 65.7 Å². The second-order valence-electron chi connectivity index (χ2n) is 3.52. The van der Waals surface area contributed by atoms with Crippen LogP contribution in [0.25, 0.3) is 0 Å². The molecule has 0 N–H and O–H groups in total. The van der Waals surface area contributed by atoms with Crippen LogP contribution in [-0.4, -0.2) is 4.98 Å². The van der Waals surface area contributed by atoms with Crippen molar-refractivity contribution in [2.24, 2.45) is 0 Å². The number of pyridine rings is 1. The Balaban J connectivity index is 1.82. The molecule has 2 aromatic rings. The maximum Gasteiger partial charge on any atom is 0.123 e. The van der Waals surface area contributed by atoms with Gasteiger partial charge >= 0.3 is 0 Å². The largest absolute Gasteiger partial charge is 0.265 e. The monoisotopic (exact) mass is 215 g/mol. The summed E-state index contributed by atoms with van der Waals surface area (Å²) in [4.78, 5) is 3.94. The molecule has 81 valence electrons. The minimum atomic E-state index is -0.210. The molecule has 2 rings (SSSR count). The van der Waals surface area contributed by atoms with Crippen molar-refractivity contribution < 1.29 is 4.39 Å². The van der Waals surface area contributed by atoms with E-state index in [9.17, 15) is 4.39 Å².